The molecule has 0 spiro atoms. The van der Waals surface area contributed by atoms with Crippen molar-refractivity contribution in [3.8, 4) is 0 Å². The Morgan fingerprint density at radius 2 is 2.00 bits per heavy atom. The van der Waals surface area contributed by atoms with Crippen molar-refractivity contribution in [1.82, 2.24) is 5.32 Å². The molecule has 21 heavy (non-hydrogen) atoms. The van der Waals surface area contributed by atoms with Gasteiger partial charge in [-0.3, -0.25) is 0 Å². The van der Waals surface area contributed by atoms with Crippen LogP contribution in [0, 0.1) is 5.82 Å². The second-order valence-electron chi connectivity index (χ2n) is 4.69. The summed E-state index contributed by atoms with van der Waals surface area (Å²) in [6.07, 6.45) is 0.570. The fraction of sp³-hybridized carbons (Fsp3) is 0.250. The average molecular weight is 391 g/mol. The molecule has 0 aromatic heterocycles. The summed E-state index contributed by atoms with van der Waals surface area (Å²) in [5, 5.41) is 4.23. The number of rotatable bonds is 5. The topological polar surface area (TPSA) is 12.0 Å². The van der Waals surface area contributed by atoms with E-state index in [1.165, 1.54) is 6.07 Å². The minimum absolute atomic E-state index is 0.0284. The van der Waals surface area contributed by atoms with Gasteiger partial charge in [-0.1, -0.05) is 58.2 Å². The lowest BCUT2D eigenvalue weighted by atomic mass is 9.98. The maximum Gasteiger partial charge on any atom is 0.142 e. The minimum atomic E-state index is -0.398. The Hall–Kier alpha value is -0.610. The molecule has 2 aromatic carbocycles. The van der Waals surface area contributed by atoms with Crippen molar-refractivity contribution in [2.45, 2.75) is 19.4 Å². The van der Waals surface area contributed by atoms with Gasteiger partial charge in [-0.25, -0.2) is 4.39 Å². The lowest BCUT2D eigenvalue weighted by Gasteiger charge is -2.21. The summed E-state index contributed by atoms with van der Waals surface area (Å²) in [7, 11) is 0. The van der Waals surface area contributed by atoms with Crippen LogP contribution in [0.2, 0.25) is 10.0 Å². The summed E-state index contributed by atoms with van der Waals surface area (Å²) >= 11 is 15.8. The third-order valence-electron chi connectivity index (χ3n) is 3.24. The SMILES string of the molecule is CCNC(Cc1cccc(F)c1Cl)c1cc(Br)ccc1Cl. The Balaban J connectivity index is 2.35. The third kappa shape index (κ3) is 4.19. The molecule has 112 valence electrons. The Kier molecular flexibility index (Phi) is 6.06. The van der Waals surface area contributed by atoms with Gasteiger partial charge >= 0.3 is 0 Å². The molecule has 0 amide bonds. The minimum Gasteiger partial charge on any atom is -0.310 e. The molecule has 0 fully saturated rings. The molecule has 1 atom stereocenters. The van der Waals surface area contributed by atoms with Gasteiger partial charge in [0.15, 0.2) is 0 Å². The van der Waals surface area contributed by atoms with Gasteiger partial charge in [-0.2, -0.15) is 0 Å². The monoisotopic (exact) mass is 389 g/mol. The van der Waals surface area contributed by atoms with Crippen LogP contribution < -0.4 is 5.32 Å². The Morgan fingerprint density at radius 1 is 1.24 bits per heavy atom. The van der Waals surface area contributed by atoms with Crippen molar-refractivity contribution < 1.29 is 4.39 Å². The van der Waals surface area contributed by atoms with Crippen molar-refractivity contribution in [2.75, 3.05) is 6.54 Å². The van der Waals surface area contributed by atoms with E-state index in [0.717, 1.165) is 22.1 Å². The van der Waals surface area contributed by atoms with Crippen LogP contribution in [0.25, 0.3) is 0 Å². The van der Waals surface area contributed by atoms with E-state index in [-0.39, 0.29) is 11.1 Å². The van der Waals surface area contributed by atoms with Gasteiger partial charge < -0.3 is 5.32 Å². The summed E-state index contributed by atoms with van der Waals surface area (Å²) in [5.41, 5.74) is 1.73. The van der Waals surface area contributed by atoms with Crippen LogP contribution in [0.3, 0.4) is 0 Å². The molecule has 2 rings (SSSR count). The molecular formula is C16H15BrCl2FN. The van der Waals surface area contributed by atoms with Crippen LogP contribution in [0.4, 0.5) is 4.39 Å². The molecule has 5 heteroatoms. The first kappa shape index (κ1) is 16.8. The molecule has 2 aromatic rings. The van der Waals surface area contributed by atoms with Crippen molar-refractivity contribution in [1.29, 1.82) is 0 Å². The largest absolute Gasteiger partial charge is 0.310 e. The van der Waals surface area contributed by atoms with Crippen LogP contribution in [-0.2, 0) is 6.42 Å². The molecule has 0 aliphatic heterocycles. The lowest BCUT2D eigenvalue weighted by Crippen LogP contribution is -2.23. The van der Waals surface area contributed by atoms with E-state index in [4.69, 9.17) is 23.2 Å². The number of hydrogen-bond acceptors (Lipinski definition) is 1. The summed E-state index contributed by atoms with van der Waals surface area (Å²) in [5.74, 6) is -0.398. The first-order valence-electron chi connectivity index (χ1n) is 6.64. The molecular weight excluding hydrogens is 376 g/mol. The maximum atomic E-state index is 13.6. The highest BCUT2D eigenvalue weighted by Gasteiger charge is 2.17. The fourth-order valence-electron chi connectivity index (χ4n) is 2.25. The maximum absolute atomic E-state index is 13.6. The van der Waals surface area contributed by atoms with Crippen molar-refractivity contribution >= 4 is 39.1 Å². The predicted molar refractivity (Wildman–Crippen MR) is 90.7 cm³/mol. The highest BCUT2D eigenvalue weighted by Crippen LogP contribution is 2.31. The van der Waals surface area contributed by atoms with Crippen LogP contribution >= 0.6 is 39.1 Å². The van der Waals surface area contributed by atoms with Crippen LogP contribution in [0.1, 0.15) is 24.1 Å². The molecule has 0 saturated carbocycles. The van der Waals surface area contributed by atoms with Crippen LogP contribution in [0.5, 0.6) is 0 Å². The summed E-state index contributed by atoms with van der Waals surface area (Å²) in [4.78, 5) is 0. The van der Waals surface area contributed by atoms with E-state index in [1.807, 2.05) is 31.2 Å². The molecule has 1 unspecified atom stereocenters. The third-order valence-corrected chi connectivity index (χ3v) is 4.50. The van der Waals surface area contributed by atoms with Gasteiger partial charge in [0.25, 0.3) is 0 Å². The molecule has 1 N–H and O–H groups in total. The number of halogens is 4. The van der Waals surface area contributed by atoms with Crippen LogP contribution in [-0.4, -0.2) is 6.54 Å². The lowest BCUT2D eigenvalue weighted by molar-refractivity contribution is 0.547. The van der Waals surface area contributed by atoms with Gasteiger partial charge in [0.05, 0.1) is 5.02 Å². The standard InChI is InChI=1S/C16H15BrCl2FN/c1-2-21-15(12-9-11(17)6-7-13(12)18)8-10-4-3-5-14(20)16(10)19/h3-7,9,15,21H,2,8H2,1H3. The average Bonchev–Trinajstić information content (AvgIpc) is 2.46. The molecule has 0 radical (unpaired) electrons. The van der Waals surface area contributed by atoms with E-state index in [2.05, 4.69) is 21.2 Å². The zero-order valence-electron chi connectivity index (χ0n) is 11.5. The summed E-state index contributed by atoms with van der Waals surface area (Å²) < 4.78 is 14.5. The van der Waals surface area contributed by atoms with Gasteiger partial charge in [-0.05, 0) is 48.4 Å². The highest BCUT2D eigenvalue weighted by molar-refractivity contribution is 9.10. The van der Waals surface area contributed by atoms with E-state index in [1.54, 1.807) is 6.07 Å². The van der Waals surface area contributed by atoms with E-state index < -0.39 is 5.82 Å². The van der Waals surface area contributed by atoms with E-state index in [0.29, 0.717) is 11.4 Å². The van der Waals surface area contributed by atoms with Gasteiger partial charge in [0.1, 0.15) is 5.82 Å². The summed E-state index contributed by atoms with van der Waals surface area (Å²) in [6.45, 7) is 2.80. The van der Waals surface area contributed by atoms with Gasteiger partial charge in [0.2, 0.25) is 0 Å². The Morgan fingerprint density at radius 3 is 2.71 bits per heavy atom. The van der Waals surface area contributed by atoms with E-state index in [9.17, 15) is 4.39 Å². The number of hydrogen-bond donors (Lipinski definition) is 1. The zero-order chi connectivity index (χ0) is 15.4. The van der Waals surface area contributed by atoms with E-state index >= 15 is 0 Å². The fourth-order valence-corrected chi connectivity index (χ4v) is 3.08. The van der Waals surface area contributed by atoms with Crippen molar-refractivity contribution in [3.63, 3.8) is 0 Å². The van der Waals surface area contributed by atoms with Gasteiger partial charge in [0, 0.05) is 15.5 Å². The quantitative estimate of drug-likeness (QED) is 0.681. The molecule has 0 heterocycles. The smallest absolute Gasteiger partial charge is 0.142 e. The molecule has 1 nitrogen and oxygen atoms in total. The molecule has 0 aliphatic carbocycles. The highest BCUT2D eigenvalue weighted by atomic mass is 79.9. The van der Waals surface area contributed by atoms with Crippen molar-refractivity contribution in [3.05, 3.63) is 67.9 Å². The van der Waals surface area contributed by atoms with Crippen LogP contribution in [0.15, 0.2) is 40.9 Å². The Bertz CT molecular complexity index is 634. The van der Waals surface area contributed by atoms with Crippen molar-refractivity contribution in [2.24, 2.45) is 0 Å². The molecule has 0 aliphatic rings. The summed E-state index contributed by atoms with van der Waals surface area (Å²) in [6, 6.07) is 10.6. The van der Waals surface area contributed by atoms with Gasteiger partial charge in [-0.15, -0.1) is 0 Å². The number of benzene rings is 2. The number of likely N-dealkylation sites (N-methyl/N-ethyl adjacent to an activating group) is 1. The second-order valence-corrected chi connectivity index (χ2v) is 6.39. The Labute approximate surface area is 142 Å². The first-order valence-corrected chi connectivity index (χ1v) is 8.19. The molecule has 0 bridgehead atoms. The second kappa shape index (κ2) is 7.59. The number of nitrogens with one attached hydrogen (secondary N) is 1. The zero-order valence-corrected chi connectivity index (χ0v) is 14.6. The first-order chi connectivity index (χ1) is 10.0. The predicted octanol–water partition coefficient (Wildman–Crippen LogP) is 5.79. The molecule has 0 saturated heterocycles. The normalized spacial score (nSPS) is 12.4.